The molecule has 34 heavy (non-hydrogen) atoms. The molecule has 1 aliphatic rings. The van der Waals surface area contributed by atoms with Crippen LogP contribution in [0.3, 0.4) is 0 Å². The zero-order valence-corrected chi connectivity index (χ0v) is 18.6. The van der Waals surface area contributed by atoms with Gasteiger partial charge >= 0.3 is 12.1 Å². The molecule has 0 spiro atoms. The van der Waals surface area contributed by atoms with Crippen molar-refractivity contribution in [1.82, 2.24) is 0 Å². The fourth-order valence-electron chi connectivity index (χ4n) is 3.97. The number of aromatic hydroxyl groups is 1. The SMILES string of the molecule is C[C@@H](CC/C=C/C(=O)O)[C@H](OC(=O)Nc1ccc2c(c1)OCO2)c1ccc(O)c2ccccc12. The summed E-state index contributed by atoms with van der Waals surface area (Å²) in [6.07, 6.45) is 2.49. The molecule has 1 aliphatic heterocycles. The molecule has 1 amide bonds. The molecule has 1 heterocycles. The molecule has 0 aliphatic carbocycles. The molecular weight excluding hydrogens is 438 g/mol. The van der Waals surface area contributed by atoms with E-state index >= 15 is 0 Å². The first-order chi connectivity index (χ1) is 16.4. The summed E-state index contributed by atoms with van der Waals surface area (Å²) in [4.78, 5) is 23.6. The van der Waals surface area contributed by atoms with Crippen LogP contribution in [0.25, 0.3) is 10.8 Å². The summed E-state index contributed by atoms with van der Waals surface area (Å²) >= 11 is 0. The Morgan fingerprint density at radius 2 is 1.85 bits per heavy atom. The van der Waals surface area contributed by atoms with E-state index in [1.165, 1.54) is 0 Å². The second-order valence-electron chi connectivity index (χ2n) is 8.03. The van der Waals surface area contributed by atoms with E-state index in [1.807, 2.05) is 25.1 Å². The Morgan fingerprint density at radius 3 is 2.65 bits per heavy atom. The molecule has 0 aromatic heterocycles. The molecule has 176 valence electrons. The summed E-state index contributed by atoms with van der Waals surface area (Å²) in [5.74, 6) is 0.134. The van der Waals surface area contributed by atoms with Crippen LogP contribution >= 0.6 is 0 Å². The van der Waals surface area contributed by atoms with Crippen LogP contribution in [0.4, 0.5) is 10.5 Å². The van der Waals surface area contributed by atoms with Crippen LogP contribution in [0.2, 0.25) is 0 Å². The van der Waals surface area contributed by atoms with Crippen LogP contribution in [0, 0.1) is 5.92 Å². The van der Waals surface area contributed by atoms with Gasteiger partial charge in [-0.25, -0.2) is 9.59 Å². The number of carbonyl (C=O) groups excluding carboxylic acids is 1. The predicted molar refractivity (Wildman–Crippen MR) is 126 cm³/mol. The third kappa shape index (κ3) is 5.23. The van der Waals surface area contributed by atoms with Crippen molar-refractivity contribution in [1.29, 1.82) is 0 Å². The minimum Gasteiger partial charge on any atom is -0.507 e. The summed E-state index contributed by atoms with van der Waals surface area (Å²) in [5.41, 5.74) is 1.25. The molecule has 0 fully saturated rings. The molecule has 3 aromatic rings. The van der Waals surface area contributed by atoms with Crippen molar-refractivity contribution in [2.24, 2.45) is 5.92 Å². The van der Waals surface area contributed by atoms with Gasteiger partial charge in [0.15, 0.2) is 11.5 Å². The van der Waals surface area contributed by atoms with Gasteiger partial charge in [0.2, 0.25) is 6.79 Å². The molecular formula is C26H25NO7. The van der Waals surface area contributed by atoms with Gasteiger partial charge in [0, 0.05) is 28.8 Å². The van der Waals surface area contributed by atoms with Gasteiger partial charge < -0.3 is 24.4 Å². The van der Waals surface area contributed by atoms with Crippen molar-refractivity contribution in [2.45, 2.75) is 25.9 Å². The van der Waals surface area contributed by atoms with Crippen LogP contribution in [-0.4, -0.2) is 29.1 Å². The second-order valence-corrected chi connectivity index (χ2v) is 8.03. The fraction of sp³-hybridized carbons (Fsp3) is 0.231. The Kier molecular flexibility index (Phi) is 6.87. The van der Waals surface area contributed by atoms with Crippen molar-refractivity contribution >= 4 is 28.5 Å². The van der Waals surface area contributed by atoms with Crippen molar-refractivity contribution in [3.8, 4) is 17.2 Å². The monoisotopic (exact) mass is 463 g/mol. The third-order valence-corrected chi connectivity index (χ3v) is 5.66. The molecule has 2 atom stereocenters. The van der Waals surface area contributed by atoms with Gasteiger partial charge in [0.1, 0.15) is 11.9 Å². The zero-order chi connectivity index (χ0) is 24.1. The predicted octanol–water partition coefficient (Wildman–Crippen LogP) is 5.62. The summed E-state index contributed by atoms with van der Waals surface area (Å²) in [7, 11) is 0. The number of benzene rings is 3. The number of rotatable bonds is 8. The first-order valence-corrected chi connectivity index (χ1v) is 10.9. The summed E-state index contributed by atoms with van der Waals surface area (Å²) in [6.45, 7) is 2.07. The van der Waals surface area contributed by atoms with Crippen LogP contribution < -0.4 is 14.8 Å². The number of hydrogen-bond donors (Lipinski definition) is 3. The molecule has 3 aromatic carbocycles. The number of nitrogens with one attached hydrogen (secondary N) is 1. The van der Waals surface area contributed by atoms with Crippen molar-refractivity contribution in [3.63, 3.8) is 0 Å². The van der Waals surface area contributed by atoms with E-state index in [0.29, 0.717) is 35.4 Å². The maximum atomic E-state index is 12.9. The number of carbonyl (C=O) groups is 2. The Bertz CT molecular complexity index is 1240. The highest BCUT2D eigenvalue weighted by molar-refractivity contribution is 5.91. The van der Waals surface area contributed by atoms with E-state index in [0.717, 1.165) is 17.0 Å². The smallest absolute Gasteiger partial charge is 0.412 e. The summed E-state index contributed by atoms with van der Waals surface area (Å²) in [6, 6.07) is 15.8. The number of amides is 1. The van der Waals surface area contributed by atoms with E-state index in [1.54, 1.807) is 42.5 Å². The van der Waals surface area contributed by atoms with Gasteiger partial charge in [0.05, 0.1) is 0 Å². The first-order valence-electron chi connectivity index (χ1n) is 10.9. The maximum absolute atomic E-state index is 12.9. The largest absolute Gasteiger partial charge is 0.507 e. The fourth-order valence-corrected chi connectivity index (χ4v) is 3.97. The van der Waals surface area contributed by atoms with Gasteiger partial charge in [0.25, 0.3) is 0 Å². The number of ether oxygens (including phenoxy) is 3. The highest BCUT2D eigenvalue weighted by atomic mass is 16.7. The maximum Gasteiger partial charge on any atom is 0.412 e. The lowest BCUT2D eigenvalue weighted by Gasteiger charge is -2.26. The average Bonchev–Trinajstić information content (AvgIpc) is 3.29. The zero-order valence-electron chi connectivity index (χ0n) is 18.6. The van der Waals surface area contributed by atoms with Gasteiger partial charge in [-0.05, 0) is 42.3 Å². The third-order valence-electron chi connectivity index (χ3n) is 5.66. The number of phenols is 1. The van der Waals surface area contributed by atoms with E-state index in [4.69, 9.17) is 19.3 Å². The lowest BCUT2D eigenvalue weighted by Crippen LogP contribution is -2.22. The van der Waals surface area contributed by atoms with E-state index in [2.05, 4.69) is 5.32 Å². The molecule has 0 radical (unpaired) electrons. The lowest BCUT2D eigenvalue weighted by molar-refractivity contribution is -0.131. The van der Waals surface area contributed by atoms with Gasteiger partial charge in [-0.15, -0.1) is 0 Å². The lowest BCUT2D eigenvalue weighted by atomic mass is 9.89. The summed E-state index contributed by atoms with van der Waals surface area (Å²) in [5, 5.41) is 23.3. The molecule has 3 N–H and O–H groups in total. The molecule has 8 heteroatoms. The number of aliphatic carboxylic acids is 1. The number of fused-ring (bicyclic) bond motifs is 2. The standard InChI is InChI=1S/C26H25NO7/c1-16(6-2-5-9-24(29)30)25(20-11-12-21(28)19-8-4-3-7-18(19)20)34-26(31)27-17-10-13-22-23(14-17)33-15-32-22/h3-5,7-14,16,25,28H,2,6,15H2,1H3,(H,27,31)(H,29,30)/b9-5+/t16-,25-/m0/s1. The molecule has 0 saturated heterocycles. The minimum atomic E-state index is -1.01. The Labute approximate surface area is 196 Å². The molecule has 8 nitrogen and oxygen atoms in total. The molecule has 0 bridgehead atoms. The topological polar surface area (TPSA) is 114 Å². The van der Waals surface area contributed by atoms with E-state index in [9.17, 15) is 14.7 Å². The van der Waals surface area contributed by atoms with Crippen LogP contribution in [0.15, 0.2) is 66.7 Å². The van der Waals surface area contributed by atoms with E-state index < -0.39 is 18.2 Å². The summed E-state index contributed by atoms with van der Waals surface area (Å²) < 4.78 is 16.6. The highest BCUT2D eigenvalue weighted by Gasteiger charge is 2.26. The number of hydrogen-bond acceptors (Lipinski definition) is 6. The van der Waals surface area contributed by atoms with Crippen LogP contribution in [-0.2, 0) is 9.53 Å². The minimum absolute atomic E-state index is 0.132. The normalized spacial score (nSPS) is 14.1. The van der Waals surface area contributed by atoms with Crippen LogP contribution in [0.5, 0.6) is 17.2 Å². The Morgan fingerprint density at radius 1 is 1.09 bits per heavy atom. The highest BCUT2D eigenvalue weighted by Crippen LogP contribution is 2.38. The molecule has 0 unspecified atom stereocenters. The van der Waals surface area contributed by atoms with E-state index in [-0.39, 0.29) is 18.5 Å². The Hall–Kier alpha value is -4.20. The number of carboxylic acid groups (broad SMARTS) is 1. The number of phenolic OH excluding ortho intramolecular Hbond substituents is 1. The van der Waals surface area contributed by atoms with Crippen molar-refractivity contribution in [2.75, 3.05) is 12.1 Å². The second kappa shape index (κ2) is 10.2. The molecule has 0 saturated carbocycles. The van der Waals surface area contributed by atoms with Gasteiger partial charge in [-0.1, -0.05) is 43.3 Å². The first kappa shape index (κ1) is 23.0. The van der Waals surface area contributed by atoms with Gasteiger partial charge in [-0.2, -0.15) is 0 Å². The average molecular weight is 463 g/mol. The molecule has 4 rings (SSSR count). The van der Waals surface area contributed by atoms with Crippen molar-refractivity contribution in [3.05, 3.63) is 72.3 Å². The number of allylic oxidation sites excluding steroid dienone is 1. The van der Waals surface area contributed by atoms with Crippen LogP contribution in [0.1, 0.15) is 31.4 Å². The van der Waals surface area contributed by atoms with Crippen molar-refractivity contribution < 1.29 is 34.0 Å². The Balaban J connectivity index is 1.58. The quantitative estimate of drug-likeness (QED) is 0.371. The van der Waals surface area contributed by atoms with Gasteiger partial charge in [-0.3, -0.25) is 5.32 Å². The number of anilines is 1. The number of carboxylic acids is 1.